The minimum Gasteiger partial charge on any atom is -0.507 e. The summed E-state index contributed by atoms with van der Waals surface area (Å²) in [4.78, 5) is 12.2. The van der Waals surface area contributed by atoms with Crippen LogP contribution in [0.2, 0.25) is 0 Å². The molecular weight excluding hydrogens is 416 g/mol. The van der Waals surface area contributed by atoms with Crippen molar-refractivity contribution in [2.24, 2.45) is 0 Å². The zero-order valence-corrected chi connectivity index (χ0v) is 16.9. The van der Waals surface area contributed by atoms with Crippen LogP contribution in [-0.4, -0.2) is 55.2 Å². The van der Waals surface area contributed by atoms with Crippen LogP contribution in [-0.2, 0) is 14.8 Å². The number of hydrogen-bond acceptors (Lipinski definition) is 6. The zero-order chi connectivity index (χ0) is 20.9. The highest BCUT2D eigenvalue weighted by molar-refractivity contribution is 7.89. The number of benzene rings is 2. The first-order valence-electron chi connectivity index (χ1n) is 8.71. The quantitative estimate of drug-likeness (QED) is 0.415. The number of amides is 1. The largest absolute Gasteiger partial charge is 0.507 e. The Morgan fingerprint density at radius 1 is 1.03 bits per heavy atom. The summed E-state index contributed by atoms with van der Waals surface area (Å²) >= 11 is 5.11. The molecular formula is C18H20N4O5S2. The molecule has 4 N–H and O–H groups in total. The lowest BCUT2D eigenvalue weighted by molar-refractivity contribution is 0.0730. The molecule has 2 aromatic rings. The van der Waals surface area contributed by atoms with Gasteiger partial charge in [-0.25, -0.2) is 8.42 Å². The summed E-state index contributed by atoms with van der Waals surface area (Å²) in [5.41, 5.74) is 5.53. The highest BCUT2D eigenvalue weighted by Gasteiger charge is 2.26. The van der Waals surface area contributed by atoms with Gasteiger partial charge in [0.15, 0.2) is 5.11 Å². The predicted octanol–water partition coefficient (Wildman–Crippen LogP) is 1.04. The molecule has 0 unspecified atom stereocenters. The fourth-order valence-corrected chi connectivity index (χ4v) is 4.23. The monoisotopic (exact) mass is 436 g/mol. The summed E-state index contributed by atoms with van der Waals surface area (Å²) < 4.78 is 31.8. The Kier molecular flexibility index (Phi) is 6.64. The van der Waals surface area contributed by atoms with Gasteiger partial charge in [-0.15, -0.1) is 0 Å². The van der Waals surface area contributed by atoms with Crippen molar-refractivity contribution in [3.63, 3.8) is 0 Å². The number of morpholine rings is 1. The van der Waals surface area contributed by atoms with Crippen LogP contribution < -0.4 is 16.2 Å². The van der Waals surface area contributed by atoms with Crippen molar-refractivity contribution in [2.45, 2.75) is 4.90 Å². The van der Waals surface area contributed by atoms with Crippen LogP contribution in [0.5, 0.6) is 5.75 Å². The normalized spacial score (nSPS) is 14.8. The highest BCUT2D eigenvalue weighted by Crippen LogP contribution is 2.19. The summed E-state index contributed by atoms with van der Waals surface area (Å²) in [5, 5.41) is 12.6. The second-order valence-corrected chi connectivity index (χ2v) is 8.44. The molecule has 0 aliphatic carbocycles. The third-order valence-corrected chi connectivity index (χ3v) is 6.28. The molecule has 0 atom stereocenters. The van der Waals surface area contributed by atoms with E-state index >= 15 is 0 Å². The van der Waals surface area contributed by atoms with E-state index in [0.29, 0.717) is 32.0 Å². The molecule has 3 rings (SSSR count). The number of anilines is 1. The van der Waals surface area contributed by atoms with Crippen molar-refractivity contribution in [1.82, 2.24) is 15.2 Å². The number of carbonyl (C=O) groups is 1. The van der Waals surface area contributed by atoms with E-state index in [1.165, 1.54) is 28.6 Å². The smallest absolute Gasteiger partial charge is 0.273 e. The summed E-state index contributed by atoms with van der Waals surface area (Å²) in [6, 6.07) is 12.2. The van der Waals surface area contributed by atoms with Gasteiger partial charge in [-0.3, -0.25) is 15.6 Å². The molecule has 1 aliphatic rings. The van der Waals surface area contributed by atoms with E-state index in [4.69, 9.17) is 17.0 Å². The van der Waals surface area contributed by atoms with Crippen LogP contribution in [0.25, 0.3) is 0 Å². The van der Waals surface area contributed by atoms with E-state index < -0.39 is 15.9 Å². The number of para-hydroxylation sites is 1. The Hall–Kier alpha value is -2.73. The van der Waals surface area contributed by atoms with Crippen LogP contribution in [0, 0.1) is 0 Å². The molecule has 29 heavy (non-hydrogen) atoms. The lowest BCUT2D eigenvalue weighted by Crippen LogP contribution is -2.43. The van der Waals surface area contributed by atoms with Crippen molar-refractivity contribution in [2.75, 3.05) is 31.6 Å². The molecule has 0 spiro atoms. The predicted molar refractivity (Wildman–Crippen MR) is 111 cm³/mol. The molecule has 11 heteroatoms. The molecule has 1 saturated heterocycles. The second-order valence-electron chi connectivity index (χ2n) is 6.09. The molecule has 1 heterocycles. The van der Waals surface area contributed by atoms with Crippen LogP contribution in [0.4, 0.5) is 5.69 Å². The molecule has 1 amide bonds. The molecule has 9 nitrogen and oxygen atoms in total. The van der Waals surface area contributed by atoms with E-state index in [1.54, 1.807) is 24.3 Å². The maximum Gasteiger partial charge on any atom is 0.273 e. The Morgan fingerprint density at radius 3 is 2.34 bits per heavy atom. The maximum atomic E-state index is 12.6. The Morgan fingerprint density at radius 2 is 1.69 bits per heavy atom. The number of ether oxygens (including phenoxy) is 1. The third kappa shape index (κ3) is 5.21. The van der Waals surface area contributed by atoms with E-state index in [0.717, 1.165) is 0 Å². The van der Waals surface area contributed by atoms with Gasteiger partial charge in [-0.2, -0.15) is 4.31 Å². The zero-order valence-electron chi connectivity index (χ0n) is 15.3. The molecule has 1 fully saturated rings. The van der Waals surface area contributed by atoms with Gasteiger partial charge >= 0.3 is 0 Å². The Balaban J connectivity index is 1.56. The molecule has 0 bridgehead atoms. The highest BCUT2D eigenvalue weighted by atomic mass is 32.2. The fraction of sp³-hybridized carbons (Fsp3) is 0.222. The number of thiocarbonyl (C=S) groups is 1. The summed E-state index contributed by atoms with van der Waals surface area (Å²) in [6.07, 6.45) is 0. The van der Waals surface area contributed by atoms with Crippen molar-refractivity contribution in [3.8, 4) is 5.75 Å². The number of phenols is 1. The minimum atomic E-state index is -3.57. The van der Waals surface area contributed by atoms with E-state index in [9.17, 15) is 18.3 Å². The first-order chi connectivity index (χ1) is 13.9. The summed E-state index contributed by atoms with van der Waals surface area (Å²) in [5.74, 6) is -0.707. The molecule has 154 valence electrons. The number of rotatable bonds is 4. The topological polar surface area (TPSA) is 120 Å². The maximum absolute atomic E-state index is 12.6. The average molecular weight is 437 g/mol. The van der Waals surface area contributed by atoms with Gasteiger partial charge < -0.3 is 15.2 Å². The van der Waals surface area contributed by atoms with Crippen molar-refractivity contribution < 1.29 is 23.1 Å². The summed E-state index contributed by atoms with van der Waals surface area (Å²) in [6.45, 7) is 1.41. The first-order valence-corrected chi connectivity index (χ1v) is 10.6. The number of nitrogens with zero attached hydrogens (tertiary/aromatic N) is 1. The van der Waals surface area contributed by atoms with E-state index in [-0.39, 0.29) is 21.3 Å². The number of carbonyl (C=O) groups excluding carboxylic acids is 1. The van der Waals surface area contributed by atoms with Gasteiger partial charge in [0, 0.05) is 18.8 Å². The van der Waals surface area contributed by atoms with Crippen LogP contribution >= 0.6 is 12.2 Å². The van der Waals surface area contributed by atoms with Crippen LogP contribution in [0.3, 0.4) is 0 Å². The van der Waals surface area contributed by atoms with Gasteiger partial charge in [-0.05, 0) is 48.6 Å². The lowest BCUT2D eigenvalue weighted by atomic mass is 10.2. The molecule has 0 aromatic heterocycles. The number of aromatic hydroxyl groups is 1. The van der Waals surface area contributed by atoms with Gasteiger partial charge in [0.2, 0.25) is 10.0 Å². The number of hydrazine groups is 1. The second kappa shape index (κ2) is 9.18. The Bertz CT molecular complexity index is 990. The van der Waals surface area contributed by atoms with Crippen LogP contribution in [0.15, 0.2) is 53.4 Å². The Labute approximate surface area is 173 Å². The van der Waals surface area contributed by atoms with E-state index in [1.807, 2.05) is 0 Å². The van der Waals surface area contributed by atoms with Gasteiger partial charge in [-0.1, -0.05) is 12.1 Å². The SMILES string of the molecule is O=C(NNC(=S)Nc1ccc(S(=O)(=O)N2CCOCC2)cc1)c1ccccc1O. The first kappa shape index (κ1) is 21.0. The summed E-state index contributed by atoms with van der Waals surface area (Å²) in [7, 11) is -3.57. The van der Waals surface area contributed by atoms with Gasteiger partial charge in [0.25, 0.3) is 5.91 Å². The molecule has 2 aromatic carbocycles. The fourth-order valence-electron chi connectivity index (χ4n) is 2.66. The minimum absolute atomic E-state index is 0.0950. The average Bonchev–Trinajstić information content (AvgIpc) is 2.73. The number of sulfonamides is 1. The lowest BCUT2D eigenvalue weighted by Gasteiger charge is -2.26. The van der Waals surface area contributed by atoms with Crippen molar-refractivity contribution >= 4 is 38.9 Å². The van der Waals surface area contributed by atoms with Gasteiger partial charge in [0.05, 0.1) is 23.7 Å². The third-order valence-electron chi connectivity index (χ3n) is 4.16. The van der Waals surface area contributed by atoms with Crippen molar-refractivity contribution in [3.05, 3.63) is 54.1 Å². The van der Waals surface area contributed by atoms with Crippen LogP contribution in [0.1, 0.15) is 10.4 Å². The molecule has 0 radical (unpaired) electrons. The van der Waals surface area contributed by atoms with E-state index in [2.05, 4.69) is 16.2 Å². The van der Waals surface area contributed by atoms with Crippen molar-refractivity contribution in [1.29, 1.82) is 0 Å². The standard InChI is InChI=1S/C18H20N4O5S2/c23-16-4-2-1-3-15(16)17(24)20-21-18(28)19-13-5-7-14(8-6-13)29(25,26)22-9-11-27-12-10-22/h1-8,23H,9-12H2,(H,20,24)(H2,19,21,28). The number of phenolic OH excluding ortho intramolecular Hbond substituents is 1. The number of hydrogen-bond donors (Lipinski definition) is 4. The molecule has 1 aliphatic heterocycles. The molecule has 0 saturated carbocycles. The van der Waals surface area contributed by atoms with Gasteiger partial charge in [0.1, 0.15) is 5.75 Å². The number of nitrogens with one attached hydrogen (secondary N) is 3.